The van der Waals surface area contributed by atoms with Gasteiger partial charge in [-0.3, -0.25) is 4.79 Å². The molecular weight excluding hydrogens is 331 g/mol. The molecule has 5 nitrogen and oxygen atoms in total. The highest BCUT2D eigenvalue weighted by atomic mass is 35.5. The quantitative estimate of drug-likeness (QED) is 0.892. The number of aryl methyl sites for hydroxylation is 1. The molecule has 116 valence electrons. The van der Waals surface area contributed by atoms with Crippen LogP contribution >= 0.6 is 22.9 Å². The fourth-order valence-electron chi connectivity index (χ4n) is 1.82. The van der Waals surface area contributed by atoms with Gasteiger partial charge in [-0.25, -0.2) is 14.2 Å². The molecule has 0 fully saturated rings. The summed E-state index contributed by atoms with van der Waals surface area (Å²) in [5.74, 6) is -2.30. The Morgan fingerprint density at radius 2 is 2.14 bits per heavy atom. The van der Waals surface area contributed by atoms with Crippen LogP contribution in [0.2, 0.25) is 5.02 Å². The van der Waals surface area contributed by atoms with E-state index in [2.05, 4.69) is 10.3 Å². The van der Waals surface area contributed by atoms with Gasteiger partial charge in [0, 0.05) is 0 Å². The van der Waals surface area contributed by atoms with Gasteiger partial charge >= 0.3 is 5.97 Å². The van der Waals surface area contributed by atoms with Crippen LogP contribution in [0.15, 0.2) is 18.2 Å². The lowest BCUT2D eigenvalue weighted by Crippen LogP contribution is -2.27. The van der Waals surface area contributed by atoms with Crippen molar-refractivity contribution in [2.75, 3.05) is 0 Å². The van der Waals surface area contributed by atoms with Gasteiger partial charge < -0.3 is 10.4 Å². The number of carbonyl (C=O) groups excluding carboxylic acids is 1. The van der Waals surface area contributed by atoms with Crippen LogP contribution in [0.25, 0.3) is 0 Å². The van der Waals surface area contributed by atoms with E-state index in [9.17, 15) is 14.0 Å². The summed E-state index contributed by atoms with van der Waals surface area (Å²) in [6.07, 6.45) is 0. The molecule has 1 aromatic carbocycles. The van der Waals surface area contributed by atoms with Gasteiger partial charge in [-0.05, 0) is 26.0 Å². The third kappa shape index (κ3) is 3.26. The number of benzene rings is 1. The van der Waals surface area contributed by atoms with E-state index in [-0.39, 0.29) is 15.5 Å². The monoisotopic (exact) mass is 342 g/mol. The molecule has 0 unspecified atom stereocenters. The molecule has 0 aliphatic rings. The molecule has 0 spiro atoms. The summed E-state index contributed by atoms with van der Waals surface area (Å²) in [5, 5.41) is 11.8. The largest absolute Gasteiger partial charge is 0.477 e. The van der Waals surface area contributed by atoms with E-state index < -0.39 is 23.7 Å². The number of aromatic carboxylic acids is 1. The second kappa shape index (κ2) is 6.41. The third-order valence-corrected chi connectivity index (χ3v) is 4.63. The number of amides is 1. The Kier molecular flexibility index (Phi) is 4.77. The number of rotatable bonds is 4. The zero-order valence-corrected chi connectivity index (χ0v) is 13.3. The van der Waals surface area contributed by atoms with Crippen LogP contribution in [0.4, 0.5) is 4.39 Å². The summed E-state index contributed by atoms with van der Waals surface area (Å²) in [7, 11) is 0. The lowest BCUT2D eigenvalue weighted by atomic mass is 10.2. The molecule has 2 rings (SSSR count). The van der Waals surface area contributed by atoms with Crippen molar-refractivity contribution >= 4 is 34.8 Å². The highest BCUT2D eigenvalue weighted by molar-refractivity contribution is 7.13. The van der Waals surface area contributed by atoms with Crippen LogP contribution < -0.4 is 5.32 Å². The molecule has 0 radical (unpaired) electrons. The van der Waals surface area contributed by atoms with Gasteiger partial charge in [-0.15, -0.1) is 11.3 Å². The highest BCUT2D eigenvalue weighted by Gasteiger charge is 2.21. The van der Waals surface area contributed by atoms with Crippen LogP contribution in [0, 0.1) is 12.7 Å². The van der Waals surface area contributed by atoms with Crippen molar-refractivity contribution in [3.8, 4) is 0 Å². The number of aromatic nitrogens is 1. The molecule has 8 heteroatoms. The summed E-state index contributed by atoms with van der Waals surface area (Å²) in [6, 6.07) is 3.43. The van der Waals surface area contributed by atoms with Gasteiger partial charge in [0.15, 0.2) is 0 Å². The van der Waals surface area contributed by atoms with Gasteiger partial charge in [0.2, 0.25) is 0 Å². The average Bonchev–Trinajstić information content (AvgIpc) is 2.84. The number of halogens is 2. The Morgan fingerprint density at radius 3 is 2.73 bits per heavy atom. The molecule has 1 heterocycles. The van der Waals surface area contributed by atoms with E-state index in [0.29, 0.717) is 10.7 Å². The Hall–Kier alpha value is -1.99. The van der Waals surface area contributed by atoms with Crippen molar-refractivity contribution in [2.45, 2.75) is 19.9 Å². The number of hydrogen-bond donors (Lipinski definition) is 2. The first-order valence-electron chi connectivity index (χ1n) is 6.26. The summed E-state index contributed by atoms with van der Waals surface area (Å²) in [6.45, 7) is 3.25. The third-order valence-electron chi connectivity index (χ3n) is 2.92. The van der Waals surface area contributed by atoms with E-state index in [0.717, 1.165) is 17.4 Å². The van der Waals surface area contributed by atoms with Gasteiger partial charge in [0.05, 0.1) is 22.3 Å². The molecule has 0 saturated carbocycles. The highest BCUT2D eigenvalue weighted by Crippen LogP contribution is 2.25. The summed E-state index contributed by atoms with van der Waals surface area (Å²) in [5.41, 5.74) is 0.401. The SMILES string of the molecule is Cc1nc([C@@H](C)NC(=O)c2cccc(F)c2Cl)sc1C(=O)O. The molecule has 1 amide bonds. The van der Waals surface area contributed by atoms with E-state index in [1.54, 1.807) is 13.8 Å². The average molecular weight is 343 g/mol. The zero-order valence-electron chi connectivity index (χ0n) is 11.7. The Morgan fingerprint density at radius 1 is 1.45 bits per heavy atom. The van der Waals surface area contributed by atoms with E-state index in [4.69, 9.17) is 16.7 Å². The summed E-state index contributed by atoms with van der Waals surface area (Å²) in [4.78, 5) is 27.4. The van der Waals surface area contributed by atoms with Crippen molar-refractivity contribution in [1.29, 1.82) is 0 Å². The molecule has 1 aromatic heterocycles. The standard InChI is InChI=1S/C14H12ClFN2O3S/c1-6-11(14(20)21)22-13(18-6)7(2)17-12(19)8-4-3-5-9(16)10(8)15/h3-5,7H,1-2H3,(H,17,19)(H,20,21)/t7-/m1/s1. The van der Waals surface area contributed by atoms with Gasteiger partial charge in [0.1, 0.15) is 15.7 Å². The first kappa shape index (κ1) is 16.4. The van der Waals surface area contributed by atoms with Gasteiger partial charge in [0.25, 0.3) is 5.91 Å². The van der Waals surface area contributed by atoms with Crippen LogP contribution in [0.1, 0.15) is 43.7 Å². The molecule has 1 atom stereocenters. The lowest BCUT2D eigenvalue weighted by molar-refractivity contribution is 0.0701. The lowest BCUT2D eigenvalue weighted by Gasteiger charge is -2.12. The normalized spacial score (nSPS) is 12.0. The first-order chi connectivity index (χ1) is 10.3. The van der Waals surface area contributed by atoms with E-state index in [1.807, 2.05) is 0 Å². The number of nitrogens with zero attached hydrogens (tertiary/aromatic N) is 1. The van der Waals surface area contributed by atoms with Crippen LogP contribution in [-0.2, 0) is 0 Å². The summed E-state index contributed by atoms with van der Waals surface area (Å²) < 4.78 is 13.4. The van der Waals surface area contributed by atoms with Crippen molar-refractivity contribution in [3.05, 3.63) is 50.2 Å². The number of carboxylic acid groups (broad SMARTS) is 1. The molecule has 0 aliphatic heterocycles. The van der Waals surface area contributed by atoms with Crippen LogP contribution in [-0.4, -0.2) is 22.0 Å². The van der Waals surface area contributed by atoms with Crippen LogP contribution in [0.5, 0.6) is 0 Å². The maximum absolute atomic E-state index is 13.4. The Labute approximate surface area is 134 Å². The molecule has 0 saturated heterocycles. The number of carboxylic acids is 1. The van der Waals surface area contributed by atoms with E-state index in [1.165, 1.54) is 12.1 Å². The minimum atomic E-state index is -1.06. The van der Waals surface area contributed by atoms with Gasteiger partial charge in [-0.2, -0.15) is 0 Å². The molecular formula is C14H12ClFN2O3S. The Balaban J connectivity index is 2.19. The molecule has 0 aliphatic carbocycles. The number of thiazole rings is 1. The minimum Gasteiger partial charge on any atom is -0.477 e. The minimum absolute atomic E-state index is 0.0141. The smallest absolute Gasteiger partial charge is 0.347 e. The predicted octanol–water partition coefficient (Wildman–Crippen LogP) is 3.43. The Bertz CT molecular complexity index is 748. The summed E-state index contributed by atoms with van der Waals surface area (Å²) >= 11 is 6.75. The molecule has 2 aromatic rings. The van der Waals surface area contributed by atoms with Crippen molar-refractivity contribution in [2.24, 2.45) is 0 Å². The van der Waals surface area contributed by atoms with Crippen molar-refractivity contribution < 1.29 is 19.1 Å². The second-order valence-electron chi connectivity index (χ2n) is 4.57. The van der Waals surface area contributed by atoms with Gasteiger partial charge in [-0.1, -0.05) is 17.7 Å². The maximum Gasteiger partial charge on any atom is 0.347 e. The molecule has 22 heavy (non-hydrogen) atoms. The topological polar surface area (TPSA) is 79.3 Å². The van der Waals surface area contributed by atoms with E-state index >= 15 is 0 Å². The number of hydrogen-bond acceptors (Lipinski definition) is 4. The fourth-order valence-corrected chi connectivity index (χ4v) is 2.94. The second-order valence-corrected chi connectivity index (χ2v) is 5.98. The maximum atomic E-state index is 13.4. The number of carbonyl (C=O) groups is 2. The van der Waals surface area contributed by atoms with Crippen molar-refractivity contribution in [3.63, 3.8) is 0 Å². The fraction of sp³-hybridized carbons (Fsp3) is 0.214. The zero-order chi connectivity index (χ0) is 16.4. The molecule has 2 N–H and O–H groups in total. The van der Waals surface area contributed by atoms with Crippen molar-refractivity contribution in [1.82, 2.24) is 10.3 Å². The first-order valence-corrected chi connectivity index (χ1v) is 7.46. The van der Waals surface area contributed by atoms with Crippen LogP contribution in [0.3, 0.4) is 0 Å². The number of nitrogens with one attached hydrogen (secondary N) is 1. The predicted molar refractivity (Wildman–Crippen MR) is 81.1 cm³/mol. The molecule has 0 bridgehead atoms.